The SMILES string of the molecule is O=C1COC2(CCCCC2)CO1. The van der Waals surface area contributed by atoms with Crippen LogP contribution in [0.15, 0.2) is 0 Å². The first-order chi connectivity index (χ1) is 5.81. The summed E-state index contributed by atoms with van der Waals surface area (Å²) in [6, 6.07) is 0. The van der Waals surface area contributed by atoms with Gasteiger partial charge in [-0.15, -0.1) is 0 Å². The molecule has 0 atom stereocenters. The maximum atomic E-state index is 10.7. The molecule has 0 aromatic heterocycles. The summed E-state index contributed by atoms with van der Waals surface area (Å²) in [5.41, 5.74) is -0.105. The van der Waals surface area contributed by atoms with Crippen molar-refractivity contribution in [1.82, 2.24) is 0 Å². The molecule has 2 aliphatic rings. The van der Waals surface area contributed by atoms with Gasteiger partial charge in [0.05, 0.1) is 0 Å². The zero-order valence-electron chi connectivity index (χ0n) is 7.17. The van der Waals surface area contributed by atoms with Crippen molar-refractivity contribution in [3.63, 3.8) is 0 Å². The van der Waals surface area contributed by atoms with Gasteiger partial charge in [-0.3, -0.25) is 0 Å². The van der Waals surface area contributed by atoms with Gasteiger partial charge in [0.15, 0.2) is 0 Å². The molecule has 1 saturated carbocycles. The Kier molecular flexibility index (Phi) is 2.05. The van der Waals surface area contributed by atoms with E-state index in [9.17, 15) is 4.79 Å². The highest BCUT2D eigenvalue weighted by Gasteiger charge is 2.38. The highest BCUT2D eigenvalue weighted by Crippen LogP contribution is 2.33. The third kappa shape index (κ3) is 1.46. The summed E-state index contributed by atoms with van der Waals surface area (Å²) in [4.78, 5) is 10.7. The number of ether oxygens (including phenoxy) is 2. The van der Waals surface area contributed by atoms with E-state index < -0.39 is 0 Å². The number of carbonyl (C=O) groups is 1. The van der Waals surface area contributed by atoms with Crippen molar-refractivity contribution in [2.75, 3.05) is 13.2 Å². The molecule has 1 aliphatic carbocycles. The Hall–Kier alpha value is -0.570. The molecule has 1 aliphatic heterocycles. The molecule has 1 saturated heterocycles. The second kappa shape index (κ2) is 3.05. The molecule has 1 spiro atoms. The lowest BCUT2D eigenvalue weighted by atomic mass is 9.85. The molecular weight excluding hydrogens is 156 g/mol. The molecule has 3 nitrogen and oxygen atoms in total. The summed E-state index contributed by atoms with van der Waals surface area (Å²) in [6.07, 6.45) is 5.81. The van der Waals surface area contributed by atoms with Gasteiger partial charge in [-0.2, -0.15) is 0 Å². The molecule has 68 valence electrons. The Morgan fingerprint density at radius 1 is 1.17 bits per heavy atom. The van der Waals surface area contributed by atoms with Gasteiger partial charge in [0.1, 0.15) is 18.8 Å². The van der Waals surface area contributed by atoms with Crippen LogP contribution in [0, 0.1) is 0 Å². The van der Waals surface area contributed by atoms with Gasteiger partial charge in [-0.05, 0) is 12.8 Å². The van der Waals surface area contributed by atoms with Crippen LogP contribution >= 0.6 is 0 Å². The van der Waals surface area contributed by atoms with Crippen LogP contribution in [0.3, 0.4) is 0 Å². The van der Waals surface area contributed by atoms with E-state index in [0.29, 0.717) is 6.61 Å². The van der Waals surface area contributed by atoms with Crippen LogP contribution in [-0.2, 0) is 14.3 Å². The average Bonchev–Trinajstić information content (AvgIpc) is 2.13. The summed E-state index contributed by atoms with van der Waals surface area (Å²) < 4.78 is 10.6. The predicted molar refractivity (Wildman–Crippen MR) is 42.7 cm³/mol. The fraction of sp³-hybridized carbons (Fsp3) is 0.889. The van der Waals surface area contributed by atoms with Crippen molar-refractivity contribution >= 4 is 5.97 Å². The minimum atomic E-state index is -0.216. The van der Waals surface area contributed by atoms with Gasteiger partial charge in [0.2, 0.25) is 0 Å². The van der Waals surface area contributed by atoms with Crippen LogP contribution in [0.4, 0.5) is 0 Å². The minimum absolute atomic E-state index is 0.105. The van der Waals surface area contributed by atoms with Crippen LogP contribution in [0.1, 0.15) is 32.1 Å². The van der Waals surface area contributed by atoms with Crippen LogP contribution in [0.25, 0.3) is 0 Å². The van der Waals surface area contributed by atoms with E-state index in [1.54, 1.807) is 0 Å². The van der Waals surface area contributed by atoms with Crippen molar-refractivity contribution in [2.24, 2.45) is 0 Å². The topological polar surface area (TPSA) is 35.5 Å². The molecule has 0 bridgehead atoms. The molecule has 2 fully saturated rings. The van der Waals surface area contributed by atoms with E-state index in [1.807, 2.05) is 0 Å². The van der Waals surface area contributed by atoms with Crippen LogP contribution in [0.2, 0.25) is 0 Å². The average molecular weight is 170 g/mol. The largest absolute Gasteiger partial charge is 0.461 e. The lowest BCUT2D eigenvalue weighted by Gasteiger charge is -2.38. The summed E-state index contributed by atoms with van der Waals surface area (Å²) in [6.45, 7) is 0.631. The van der Waals surface area contributed by atoms with Gasteiger partial charge in [0, 0.05) is 0 Å². The van der Waals surface area contributed by atoms with E-state index in [1.165, 1.54) is 19.3 Å². The van der Waals surface area contributed by atoms with E-state index in [0.717, 1.165) is 12.8 Å². The molecule has 0 unspecified atom stereocenters. The first kappa shape index (κ1) is 8.05. The number of hydrogen-bond acceptors (Lipinski definition) is 3. The second-order valence-corrected chi connectivity index (χ2v) is 3.69. The van der Waals surface area contributed by atoms with Gasteiger partial charge < -0.3 is 9.47 Å². The lowest BCUT2D eigenvalue weighted by molar-refractivity contribution is -0.193. The molecule has 0 radical (unpaired) electrons. The highest BCUT2D eigenvalue weighted by atomic mass is 16.6. The normalized spacial score (nSPS) is 28.5. The number of carbonyl (C=O) groups excluding carboxylic acids is 1. The fourth-order valence-corrected chi connectivity index (χ4v) is 1.99. The number of rotatable bonds is 0. The molecule has 3 heteroatoms. The molecule has 12 heavy (non-hydrogen) atoms. The highest BCUT2D eigenvalue weighted by molar-refractivity contribution is 5.71. The first-order valence-corrected chi connectivity index (χ1v) is 4.60. The third-order valence-corrected chi connectivity index (χ3v) is 2.76. The zero-order chi connectivity index (χ0) is 8.44. The maximum Gasteiger partial charge on any atom is 0.332 e. The fourth-order valence-electron chi connectivity index (χ4n) is 1.99. The monoisotopic (exact) mass is 170 g/mol. The number of hydrogen-bond donors (Lipinski definition) is 0. The molecule has 0 amide bonds. The molecule has 0 N–H and O–H groups in total. The Balaban J connectivity index is 1.96. The standard InChI is InChI=1S/C9H14O3/c10-8-6-12-9(7-11-8)4-2-1-3-5-9/h1-7H2. The summed E-state index contributed by atoms with van der Waals surface area (Å²) in [7, 11) is 0. The number of cyclic esters (lactones) is 1. The smallest absolute Gasteiger partial charge is 0.332 e. The van der Waals surface area contributed by atoms with E-state index in [-0.39, 0.29) is 18.2 Å². The number of esters is 1. The molecule has 0 aromatic carbocycles. The van der Waals surface area contributed by atoms with Crippen molar-refractivity contribution in [1.29, 1.82) is 0 Å². The maximum absolute atomic E-state index is 10.7. The Morgan fingerprint density at radius 2 is 1.92 bits per heavy atom. The molecule has 1 heterocycles. The van der Waals surface area contributed by atoms with Crippen molar-refractivity contribution < 1.29 is 14.3 Å². The summed E-state index contributed by atoms with van der Waals surface area (Å²) >= 11 is 0. The van der Waals surface area contributed by atoms with Crippen molar-refractivity contribution in [3.8, 4) is 0 Å². The van der Waals surface area contributed by atoms with Crippen LogP contribution in [0.5, 0.6) is 0 Å². The van der Waals surface area contributed by atoms with Gasteiger partial charge in [0.25, 0.3) is 0 Å². The van der Waals surface area contributed by atoms with Gasteiger partial charge in [-0.25, -0.2) is 4.79 Å². The molecule has 2 rings (SSSR count). The van der Waals surface area contributed by atoms with E-state index in [4.69, 9.17) is 9.47 Å². The Morgan fingerprint density at radius 3 is 2.50 bits per heavy atom. The van der Waals surface area contributed by atoms with E-state index in [2.05, 4.69) is 0 Å². The Bertz CT molecular complexity index is 170. The Labute approximate surface area is 72.0 Å². The lowest BCUT2D eigenvalue weighted by Crippen LogP contribution is -2.46. The van der Waals surface area contributed by atoms with E-state index >= 15 is 0 Å². The predicted octanol–water partition coefficient (Wildman–Crippen LogP) is 1.26. The van der Waals surface area contributed by atoms with Crippen molar-refractivity contribution in [2.45, 2.75) is 37.7 Å². The second-order valence-electron chi connectivity index (χ2n) is 3.69. The van der Waals surface area contributed by atoms with Crippen molar-refractivity contribution in [3.05, 3.63) is 0 Å². The van der Waals surface area contributed by atoms with Crippen LogP contribution in [-0.4, -0.2) is 24.8 Å². The van der Waals surface area contributed by atoms with Crippen LogP contribution < -0.4 is 0 Å². The quantitative estimate of drug-likeness (QED) is 0.513. The summed E-state index contributed by atoms with van der Waals surface area (Å²) in [5.74, 6) is -0.216. The van der Waals surface area contributed by atoms with Gasteiger partial charge >= 0.3 is 5.97 Å². The molecule has 0 aromatic rings. The minimum Gasteiger partial charge on any atom is -0.461 e. The third-order valence-electron chi connectivity index (χ3n) is 2.76. The first-order valence-electron chi connectivity index (χ1n) is 4.60. The van der Waals surface area contributed by atoms with Gasteiger partial charge in [-0.1, -0.05) is 19.3 Å². The molecular formula is C9H14O3. The summed E-state index contributed by atoms with van der Waals surface area (Å²) in [5, 5.41) is 0. The zero-order valence-corrected chi connectivity index (χ0v) is 7.17.